The van der Waals surface area contributed by atoms with E-state index >= 15 is 0 Å². The number of rotatable bonds is 9. The van der Waals surface area contributed by atoms with Crippen LogP contribution in [0.4, 0.5) is 0 Å². The molecule has 99 valence electrons. The van der Waals surface area contributed by atoms with E-state index in [2.05, 4.69) is 4.74 Å². The number of hydrogen-bond acceptors (Lipinski definition) is 6. The van der Waals surface area contributed by atoms with Crippen molar-refractivity contribution in [2.75, 3.05) is 46.1 Å². The molecule has 0 unspecified atom stereocenters. The van der Waals surface area contributed by atoms with E-state index in [-0.39, 0.29) is 171 Å². The molecule has 0 amide bonds. The summed E-state index contributed by atoms with van der Waals surface area (Å²) in [6, 6.07) is 0. The van der Waals surface area contributed by atoms with Crippen molar-refractivity contribution in [3.8, 4) is 0 Å². The summed E-state index contributed by atoms with van der Waals surface area (Å²) in [5.41, 5.74) is 0. The van der Waals surface area contributed by atoms with Gasteiger partial charge in [0, 0.05) is 152 Å². The molecule has 0 fully saturated rings. The van der Waals surface area contributed by atoms with E-state index in [0.29, 0.717) is 19.6 Å². The molecule has 3 N–H and O–H groups in total. The van der Waals surface area contributed by atoms with Crippen molar-refractivity contribution in [3.63, 3.8) is 0 Å². The number of esters is 1. The molecule has 0 atom stereocenters. The van der Waals surface area contributed by atoms with Crippen molar-refractivity contribution in [2.45, 2.75) is 6.42 Å². The van der Waals surface area contributed by atoms with Gasteiger partial charge in [-0.15, -0.1) is 0 Å². The second-order valence-corrected chi connectivity index (χ2v) is 2.98. The minimum absolute atomic E-state index is 0. The maximum absolute atomic E-state index is 11.0. The van der Waals surface area contributed by atoms with Crippen molar-refractivity contribution in [1.29, 1.82) is 0 Å². The van der Waals surface area contributed by atoms with Gasteiger partial charge in [-0.3, -0.25) is 9.69 Å². The van der Waals surface area contributed by atoms with Gasteiger partial charge in [-0.1, -0.05) is 0 Å². The maximum Gasteiger partial charge on any atom is 0.307 e. The number of hydrogen-bond donors (Lipinski definition) is 3. The first kappa shape index (κ1) is 29.6. The van der Waals surface area contributed by atoms with Crippen LogP contribution in [0.5, 0.6) is 0 Å². The number of aliphatic hydroxyl groups excluding tert-OH is 3. The maximum atomic E-state index is 11.0. The Hall–Kier alpha value is 3.63. The Morgan fingerprint density at radius 1 is 0.889 bits per heavy atom. The first-order chi connectivity index (χ1) is 7.24. The van der Waals surface area contributed by atoms with Crippen LogP contribution in [0.2, 0.25) is 0 Å². The summed E-state index contributed by atoms with van der Waals surface area (Å²) in [6.45, 7) is 1.10. The van der Waals surface area contributed by atoms with Crippen LogP contribution in [-0.4, -0.2) is 72.3 Å². The molecule has 0 rings (SSSR count). The predicted molar refractivity (Wildman–Crippen MR) is 53.3 cm³/mol. The topological polar surface area (TPSA) is 90.2 Å². The number of carbonyl (C=O) groups is 1. The standard InChI is InChI=1S/C9H19NO5.3Ac/c11-5-3-10(4-6-12)2-1-9(14)15-8-7-13;;;/h11-13H,1-8H2;;;. The smallest absolute Gasteiger partial charge is 0.307 e. The van der Waals surface area contributed by atoms with Crippen LogP contribution < -0.4 is 0 Å². The quantitative estimate of drug-likeness (QED) is 0.237. The van der Waals surface area contributed by atoms with Gasteiger partial charge in [-0.25, -0.2) is 0 Å². The van der Waals surface area contributed by atoms with Gasteiger partial charge in [-0.2, -0.15) is 0 Å². The van der Waals surface area contributed by atoms with Gasteiger partial charge in [0.1, 0.15) is 6.61 Å². The van der Waals surface area contributed by atoms with E-state index in [0.717, 1.165) is 0 Å². The van der Waals surface area contributed by atoms with Crippen LogP contribution in [0, 0.1) is 132 Å². The molecule has 0 aliphatic heterocycles. The van der Waals surface area contributed by atoms with E-state index in [9.17, 15) is 4.79 Å². The summed E-state index contributed by atoms with van der Waals surface area (Å²) in [7, 11) is 0. The number of carbonyl (C=O) groups excluding carboxylic acids is 1. The molecule has 0 spiro atoms. The van der Waals surface area contributed by atoms with Gasteiger partial charge < -0.3 is 20.1 Å². The summed E-state index contributed by atoms with van der Waals surface area (Å²) in [5.74, 6) is -0.384. The molecular formula is C9H19Ac3NO5. The normalized spacial score (nSPS) is 8.89. The van der Waals surface area contributed by atoms with Gasteiger partial charge in [0.15, 0.2) is 0 Å². The van der Waals surface area contributed by atoms with E-state index < -0.39 is 0 Å². The van der Waals surface area contributed by atoms with E-state index in [4.69, 9.17) is 15.3 Å². The molecule has 18 heavy (non-hydrogen) atoms. The molecule has 6 nitrogen and oxygen atoms in total. The van der Waals surface area contributed by atoms with Crippen LogP contribution in [-0.2, 0) is 9.53 Å². The number of nitrogens with zero attached hydrogens (tertiary/aromatic N) is 1. The first-order valence-electron chi connectivity index (χ1n) is 4.95. The zero-order valence-electron chi connectivity index (χ0n) is 10.5. The third-order valence-electron chi connectivity index (χ3n) is 1.82. The van der Waals surface area contributed by atoms with Gasteiger partial charge in [-0.05, 0) is 0 Å². The fraction of sp³-hybridized carbons (Fsp3) is 0.889. The third-order valence-corrected chi connectivity index (χ3v) is 1.82. The Labute approximate surface area is 215 Å². The van der Waals surface area contributed by atoms with Crippen LogP contribution >= 0.6 is 0 Å². The third kappa shape index (κ3) is 19.6. The predicted octanol–water partition coefficient (Wildman–Crippen LogP) is -1.80. The van der Waals surface area contributed by atoms with Gasteiger partial charge in [0.25, 0.3) is 0 Å². The summed E-state index contributed by atoms with van der Waals surface area (Å²) < 4.78 is 4.66. The van der Waals surface area contributed by atoms with Gasteiger partial charge in [0.2, 0.25) is 0 Å². The van der Waals surface area contributed by atoms with Crippen LogP contribution in [0.3, 0.4) is 0 Å². The first-order valence-corrected chi connectivity index (χ1v) is 4.95. The summed E-state index contributed by atoms with van der Waals surface area (Å²) >= 11 is 0. The van der Waals surface area contributed by atoms with Crippen molar-refractivity contribution >= 4 is 5.97 Å². The zero-order chi connectivity index (χ0) is 11.5. The van der Waals surface area contributed by atoms with Gasteiger partial charge >= 0.3 is 5.97 Å². The number of aliphatic hydroxyl groups is 3. The minimum atomic E-state index is -0.384. The molecule has 0 aliphatic carbocycles. The number of ether oxygens (including phenoxy) is 1. The molecule has 0 aromatic heterocycles. The SMILES string of the molecule is O=C(CCN(CCO)CCO)OCCO.[Ac].[Ac].[Ac]. The largest absolute Gasteiger partial charge is 0.463 e. The molecule has 0 saturated carbocycles. The average molecular weight is 902 g/mol. The van der Waals surface area contributed by atoms with Crippen molar-refractivity contribution in [1.82, 2.24) is 4.90 Å². The molecule has 9 heteroatoms. The second kappa shape index (κ2) is 22.9. The molecule has 3 radical (unpaired) electrons. The molecule has 0 bridgehead atoms. The summed E-state index contributed by atoms with van der Waals surface area (Å²) in [5, 5.41) is 25.8. The van der Waals surface area contributed by atoms with Crippen LogP contribution in [0.15, 0.2) is 0 Å². The van der Waals surface area contributed by atoms with Crippen molar-refractivity contribution in [3.05, 3.63) is 0 Å². The second-order valence-electron chi connectivity index (χ2n) is 2.98. The molecule has 0 aromatic carbocycles. The van der Waals surface area contributed by atoms with Crippen LogP contribution in [0.25, 0.3) is 0 Å². The Balaban J connectivity index is -0.000000327. The van der Waals surface area contributed by atoms with E-state index in [1.807, 2.05) is 0 Å². The minimum Gasteiger partial charge on any atom is -0.463 e. The summed E-state index contributed by atoms with van der Waals surface area (Å²) in [4.78, 5) is 12.8. The van der Waals surface area contributed by atoms with Crippen molar-refractivity contribution in [2.24, 2.45) is 0 Å². The molecule has 0 heterocycles. The molecular weight excluding hydrogens is 883 g/mol. The van der Waals surface area contributed by atoms with E-state index in [1.165, 1.54) is 0 Å². The monoisotopic (exact) mass is 902 g/mol. The average Bonchev–Trinajstić information content (AvgIpc) is 2.23. The van der Waals surface area contributed by atoms with Crippen LogP contribution in [0.1, 0.15) is 6.42 Å². The molecule has 0 aliphatic rings. The van der Waals surface area contributed by atoms with E-state index in [1.54, 1.807) is 4.90 Å². The Morgan fingerprint density at radius 3 is 1.78 bits per heavy atom. The molecule has 0 saturated heterocycles. The fourth-order valence-corrected chi connectivity index (χ4v) is 1.10. The molecule has 0 aromatic rings. The Kier molecular flexibility index (Phi) is 37.7. The Bertz CT molecular complexity index is 170. The van der Waals surface area contributed by atoms with Crippen molar-refractivity contribution < 1.29 is 157 Å². The summed E-state index contributed by atoms with van der Waals surface area (Å²) in [6.07, 6.45) is 0.194. The zero-order valence-corrected chi connectivity index (χ0v) is 24.7. The fourth-order valence-electron chi connectivity index (χ4n) is 1.10. The Morgan fingerprint density at radius 2 is 1.39 bits per heavy atom. The van der Waals surface area contributed by atoms with Gasteiger partial charge in [0.05, 0.1) is 26.2 Å².